The SMILES string of the molecule is COc1ccc(Oc2ncnc(NCc3ccccc3)c2N)cc1. The van der Waals surface area contributed by atoms with Crippen molar-refractivity contribution in [1.82, 2.24) is 9.97 Å². The zero-order valence-electron chi connectivity index (χ0n) is 13.3. The number of benzene rings is 2. The Morgan fingerprint density at radius 2 is 1.67 bits per heavy atom. The molecule has 0 saturated carbocycles. The van der Waals surface area contributed by atoms with E-state index >= 15 is 0 Å². The maximum absolute atomic E-state index is 6.11. The van der Waals surface area contributed by atoms with Crippen molar-refractivity contribution in [3.8, 4) is 17.4 Å². The normalized spacial score (nSPS) is 10.2. The average Bonchev–Trinajstić information content (AvgIpc) is 2.64. The number of rotatable bonds is 6. The number of hydrogen-bond acceptors (Lipinski definition) is 6. The van der Waals surface area contributed by atoms with Gasteiger partial charge < -0.3 is 20.5 Å². The summed E-state index contributed by atoms with van der Waals surface area (Å²) < 4.78 is 10.9. The van der Waals surface area contributed by atoms with Crippen LogP contribution in [0, 0.1) is 0 Å². The minimum absolute atomic E-state index is 0.311. The van der Waals surface area contributed by atoms with Gasteiger partial charge in [-0.2, -0.15) is 4.98 Å². The number of methoxy groups -OCH3 is 1. The van der Waals surface area contributed by atoms with Gasteiger partial charge in [-0.3, -0.25) is 0 Å². The topological polar surface area (TPSA) is 82.3 Å². The third kappa shape index (κ3) is 3.73. The second-order valence-electron chi connectivity index (χ2n) is 5.06. The van der Waals surface area contributed by atoms with E-state index in [4.69, 9.17) is 15.2 Å². The van der Waals surface area contributed by atoms with E-state index in [1.165, 1.54) is 6.33 Å². The molecule has 0 spiro atoms. The minimum atomic E-state index is 0.311. The molecule has 0 fully saturated rings. The molecule has 0 amide bonds. The van der Waals surface area contributed by atoms with Crippen LogP contribution in [0.15, 0.2) is 60.9 Å². The lowest BCUT2D eigenvalue weighted by Crippen LogP contribution is -2.06. The van der Waals surface area contributed by atoms with Gasteiger partial charge >= 0.3 is 0 Å². The summed E-state index contributed by atoms with van der Waals surface area (Å²) in [5.74, 6) is 2.22. The fraction of sp³-hybridized carbons (Fsp3) is 0.111. The Morgan fingerprint density at radius 1 is 0.958 bits per heavy atom. The van der Waals surface area contributed by atoms with Gasteiger partial charge in [0, 0.05) is 6.54 Å². The zero-order valence-corrected chi connectivity index (χ0v) is 13.3. The Kier molecular flexibility index (Phi) is 4.76. The number of nitrogens with zero attached hydrogens (tertiary/aromatic N) is 2. The van der Waals surface area contributed by atoms with E-state index in [0.717, 1.165) is 11.3 Å². The molecule has 1 heterocycles. The van der Waals surface area contributed by atoms with E-state index in [0.29, 0.717) is 29.7 Å². The summed E-state index contributed by atoms with van der Waals surface area (Å²) in [7, 11) is 1.61. The maximum atomic E-state index is 6.11. The predicted molar refractivity (Wildman–Crippen MR) is 93.3 cm³/mol. The highest BCUT2D eigenvalue weighted by Gasteiger charge is 2.10. The molecular weight excluding hydrogens is 304 g/mol. The van der Waals surface area contributed by atoms with Crippen molar-refractivity contribution < 1.29 is 9.47 Å². The van der Waals surface area contributed by atoms with Crippen LogP contribution in [-0.4, -0.2) is 17.1 Å². The van der Waals surface area contributed by atoms with Gasteiger partial charge in [-0.1, -0.05) is 30.3 Å². The highest BCUT2D eigenvalue weighted by Crippen LogP contribution is 2.30. The largest absolute Gasteiger partial charge is 0.497 e. The molecule has 3 N–H and O–H groups in total. The first-order chi connectivity index (χ1) is 11.8. The molecule has 2 aromatic carbocycles. The number of nitrogens with one attached hydrogen (secondary N) is 1. The Morgan fingerprint density at radius 3 is 2.38 bits per heavy atom. The molecule has 0 bridgehead atoms. The molecule has 6 nitrogen and oxygen atoms in total. The third-order valence-electron chi connectivity index (χ3n) is 3.42. The summed E-state index contributed by atoms with van der Waals surface area (Å²) >= 11 is 0. The molecule has 0 aliphatic rings. The van der Waals surface area contributed by atoms with Crippen molar-refractivity contribution in [3.63, 3.8) is 0 Å². The van der Waals surface area contributed by atoms with E-state index in [-0.39, 0.29) is 0 Å². The number of ether oxygens (including phenoxy) is 2. The Labute approximate surface area is 140 Å². The molecule has 6 heteroatoms. The van der Waals surface area contributed by atoms with Gasteiger partial charge in [-0.15, -0.1) is 0 Å². The highest BCUT2D eigenvalue weighted by molar-refractivity contribution is 5.67. The Bertz CT molecular complexity index is 792. The molecule has 24 heavy (non-hydrogen) atoms. The monoisotopic (exact) mass is 322 g/mol. The number of hydrogen-bond donors (Lipinski definition) is 2. The van der Waals surface area contributed by atoms with Gasteiger partial charge in [0.25, 0.3) is 0 Å². The fourth-order valence-electron chi connectivity index (χ4n) is 2.14. The van der Waals surface area contributed by atoms with Gasteiger partial charge in [0.15, 0.2) is 5.82 Å². The van der Waals surface area contributed by atoms with Crippen LogP contribution in [0.25, 0.3) is 0 Å². The smallest absolute Gasteiger partial charge is 0.248 e. The first-order valence-corrected chi connectivity index (χ1v) is 7.46. The van der Waals surface area contributed by atoms with Crippen LogP contribution in [0.1, 0.15) is 5.56 Å². The van der Waals surface area contributed by atoms with Crippen LogP contribution in [0.2, 0.25) is 0 Å². The number of nitrogens with two attached hydrogens (primary N) is 1. The van der Waals surface area contributed by atoms with Gasteiger partial charge in [0.05, 0.1) is 7.11 Å². The Balaban J connectivity index is 1.72. The minimum Gasteiger partial charge on any atom is -0.497 e. The molecule has 1 aromatic heterocycles. The van der Waals surface area contributed by atoms with Crippen molar-refractivity contribution >= 4 is 11.5 Å². The lowest BCUT2D eigenvalue weighted by molar-refractivity contribution is 0.412. The molecule has 122 valence electrons. The van der Waals surface area contributed by atoms with Crippen molar-refractivity contribution in [1.29, 1.82) is 0 Å². The summed E-state index contributed by atoms with van der Waals surface area (Å²) in [6.07, 6.45) is 1.42. The van der Waals surface area contributed by atoms with Crippen LogP contribution < -0.4 is 20.5 Å². The molecule has 0 aliphatic carbocycles. The highest BCUT2D eigenvalue weighted by atomic mass is 16.5. The van der Waals surface area contributed by atoms with E-state index < -0.39 is 0 Å². The summed E-state index contributed by atoms with van der Waals surface area (Å²) in [4.78, 5) is 8.28. The van der Waals surface area contributed by atoms with Crippen molar-refractivity contribution in [3.05, 3.63) is 66.5 Å². The lowest BCUT2D eigenvalue weighted by atomic mass is 10.2. The zero-order chi connectivity index (χ0) is 16.8. The molecule has 0 unspecified atom stereocenters. The van der Waals surface area contributed by atoms with Crippen LogP contribution in [0.5, 0.6) is 17.4 Å². The predicted octanol–water partition coefficient (Wildman–Crippen LogP) is 3.47. The number of nitrogen functional groups attached to an aromatic ring is 1. The summed E-state index contributed by atoms with van der Waals surface area (Å²) in [6, 6.07) is 17.2. The molecular formula is C18H18N4O2. The van der Waals surface area contributed by atoms with Gasteiger partial charge in [-0.25, -0.2) is 4.98 Å². The summed E-state index contributed by atoms with van der Waals surface area (Å²) in [5, 5.41) is 3.20. The first-order valence-electron chi connectivity index (χ1n) is 7.46. The first kappa shape index (κ1) is 15.6. The molecule has 0 atom stereocenters. The maximum Gasteiger partial charge on any atom is 0.248 e. The van der Waals surface area contributed by atoms with Gasteiger partial charge in [0.1, 0.15) is 23.5 Å². The van der Waals surface area contributed by atoms with Crippen LogP contribution in [-0.2, 0) is 6.54 Å². The third-order valence-corrected chi connectivity index (χ3v) is 3.42. The van der Waals surface area contributed by atoms with Gasteiger partial charge in [-0.05, 0) is 29.8 Å². The van der Waals surface area contributed by atoms with Crippen LogP contribution in [0.4, 0.5) is 11.5 Å². The van der Waals surface area contributed by atoms with Crippen molar-refractivity contribution in [2.75, 3.05) is 18.2 Å². The molecule has 0 aliphatic heterocycles. The van der Waals surface area contributed by atoms with E-state index in [2.05, 4.69) is 15.3 Å². The van der Waals surface area contributed by atoms with Gasteiger partial charge in [0.2, 0.25) is 5.88 Å². The quantitative estimate of drug-likeness (QED) is 0.723. The Hall–Kier alpha value is -3.28. The van der Waals surface area contributed by atoms with Crippen molar-refractivity contribution in [2.45, 2.75) is 6.54 Å². The standard InChI is InChI=1S/C18H18N4O2/c1-23-14-7-9-15(10-8-14)24-18-16(19)17(21-12-22-18)20-11-13-5-3-2-4-6-13/h2-10,12H,11,19H2,1H3,(H,20,21,22). The summed E-state index contributed by atoms with van der Waals surface area (Å²) in [6.45, 7) is 0.615. The van der Waals surface area contributed by atoms with E-state index in [1.807, 2.05) is 30.3 Å². The van der Waals surface area contributed by atoms with E-state index in [1.54, 1.807) is 31.4 Å². The number of aromatic nitrogens is 2. The van der Waals surface area contributed by atoms with E-state index in [9.17, 15) is 0 Å². The molecule has 3 aromatic rings. The fourth-order valence-corrected chi connectivity index (χ4v) is 2.14. The number of anilines is 2. The average molecular weight is 322 g/mol. The molecule has 0 saturated heterocycles. The molecule has 0 radical (unpaired) electrons. The van der Waals surface area contributed by atoms with Crippen LogP contribution in [0.3, 0.4) is 0 Å². The second-order valence-corrected chi connectivity index (χ2v) is 5.06. The summed E-state index contributed by atoms with van der Waals surface area (Å²) in [5.41, 5.74) is 7.61. The lowest BCUT2D eigenvalue weighted by Gasteiger charge is -2.12. The van der Waals surface area contributed by atoms with Crippen LogP contribution >= 0.6 is 0 Å². The second kappa shape index (κ2) is 7.32. The van der Waals surface area contributed by atoms with Crippen molar-refractivity contribution in [2.24, 2.45) is 0 Å². The molecule has 3 rings (SSSR count).